The maximum atomic E-state index is 11.9. The fourth-order valence-corrected chi connectivity index (χ4v) is 2.67. The van der Waals surface area contributed by atoms with E-state index in [0.717, 1.165) is 28.4 Å². The molecule has 0 aliphatic carbocycles. The summed E-state index contributed by atoms with van der Waals surface area (Å²) in [6, 6.07) is 9.96. The number of nitrogens with one attached hydrogen (secondary N) is 1. The van der Waals surface area contributed by atoms with Gasteiger partial charge in [-0.05, 0) is 19.3 Å². The highest BCUT2D eigenvalue weighted by atomic mass is 32.1. The molecule has 116 valence electrons. The van der Waals surface area contributed by atoms with Gasteiger partial charge in [-0.1, -0.05) is 44.2 Å². The van der Waals surface area contributed by atoms with E-state index in [1.165, 1.54) is 11.3 Å². The summed E-state index contributed by atoms with van der Waals surface area (Å²) in [6.07, 6.45) is 1.27. The maximum absolute atomic E-state index is 11.9. The van der Waals surface area contributed by atoms with Crippen LogP contribution < -0.4 is 5.43 Å². The quantitative estimate of drug-likeness (QED) is 0.649. The van der Waals surface area contributed by atoms with Crippen molar-refractivity contribution in [3.63, 3.8) is 0 Å². The Morgan fingerprint density at radius 2 is 2.09 bits per heavy atom. The number of hydrogen-bond donors (Lipinski definition) is 1. The predicted molar refractivity (Wildman–Crippen MR) is 92.0 cm³/mol. The van der Waals surface area contributed by atoms with Crippen LogP contribution in [0.25, 0.3) is 11.3 Å². The van der Waals surface area contributed by atoms with E-state index in [9.17, 15) is 4.79 Å². The number of benzene rings is 1. The number of hydrazone groups is 1. The number of rotatable bonds is 6. The second-order valence-electron chi connectivity index (χ2n) is 5.27. The molecule has 0 radical (unpaired) electrons. The van der Waals surface area contributed by atoms with Gasteiger partial charge < -0.3 is 0 Å². The lowest BCUT2D eigenvalue weighted by Gasteiger charge is -2.07. The highest BCUT2D eigenvalue weighted by Gasteiger charge is 2.09. The Bertz CT molecular complexity index is 649. The number of carbonyl (C=O) groups is 1. The molecule has 1 amide bonds. The third kappa shape index (κ3) is 4.49. The minimum atomic E-state index is -0.128. The van der Waals surface area contributed by atoms with E-state index < -0.39 is 0 Å². The molecule has 1 aromatic heterocycles. The van der Waals surface area contributed by atoms with Crippen molar-refractivity contribution in [2.24, 2.45) is 11.0 Å². The van der Waals surface area contributed by atoms with Gasteiger partial charge in [0.2, 0.25) is 5.91 Å². The molecule has 5 heteroatoms. The van der Waals surface area contributed by atoms with E-state index in [2.05, 4.69) is 29.4 Å². The fourth-order valence-electron chi connectivity index (χ4n) is 1.87. The summed E-state index contributed by atoms with van der Waals surface area (Å²) in [5.41, 5.74) is 5.53. The largest absolute Gasteiger partial charge is 0.273 e. The van der Waals surface area contributed by atoms with Crippen molar-refractivity contribution in [3.05, 3.63) is 40.7 Å². The molecule has 0 aliphatic heterocycles. The summed E-state index contributed by atoms with van der Waals surface area (Å²) in [7, 11) is 0. The third-order valence-electron chi connectivity index (χ3n) is 3.62. The first-order valence-electron chi connectivity index (χ1n) is 7.43. The summed E-state index contributed by atoms with van der Waals surface area (Å²) >= 11 is 1.50. The van der Waals surface area contributed by atoms with Crippen LogP contribution in [0.5, 0.6) is 0 Å². The van der Waals surface area contributed by atoms with E-state index in [1.54, 1.807) is 0 Å². The number of amides is 1. The van der Waals surface area contributed by atoms with Crippen LogP contribution in [0.4, 0.5) is 0 Å². The lowest BCUT2D eigenvalue weighted by Crippen LogP contribution is -2.22. The summed E-state index contributed by atoms with van der Waals surface area (Å²) in [5, 5.41) is 6.93. The molecule has 0 spiro atoms. The highest BCUT2D eigenvalue weighted by Crippen LogP contribution is 2.21. The van der Waals surface area contributed by atoms with Gasteiger partial charge in [0.1, 0.15) is 5.01 Å². The average Bonchev–Trinajstić information content (AvgIpc) is 3.01. The van der Waals surface area contributed by atoms with Gasteiger partial charge in [-0.25, -0.2) is 10.4 Å². The summed E-state index contributed by atoms with van der Waals surface area (Å²) in [6.45, 7) is 6.13. The minimum Gasteiger partial charge on any atom is -0.273 e. The summed E-state index contributed by atoms with van der Waals surface area (Å²) in [4.78, 5) is 16.4. The first-order chi connectivity index (χ1) is 10.6. The zero-order valence-corrected chi connectivity index (χ0v) is 14.0. The van der Waals surface area contributed by atoms with Crippen LogP contribution in [0.3, 0.4) is 0 Å². The van der Waals surface area contributed by atoms with Gasteiger partial charge in [0.15, 0.2) is 0 Å². The number of thiazole rings is 1. The predicted octanol–water partition coefficient (Wildman–Crippen LogP) is 3.89. The van der Waals surface area contributed by atoms with Crippen LogP contribution in [-0.2, 0) is 11.2 Å². The van der Waals surface area contributed by atoms with Crippen LogP contribution >= 0.6 is 11.3 Å². The Morgan fingerprint density at radius 3 is 2.77 bits per heavy atom. The van der Waals surface area contributed by atoms with E-state index in [4.69, 9.17) is 0 Å². The molecule has 0 saturated heterocycles. The van der Waals surface area contributed by atoms with Gasteiger partial charge in [0.25, 0.3) is 0 Å². The Balaban J connectivity index is 1.94. The monoisotopic (exact) mass is 315 g/mol. The van der Waals surface area contributed by atoms with Gasteiger partial charge in [-0.15, -0.1) is 11.3 Å². The van der Waals surface area contributed by atoms with E-state index in [-0.39, 0.29) is 12.3 Å². The molecular formula is C17H21N3OS. The van der Waals surface area contributed by atoms with E-state index in [1.807, 2.05) is 42.6 Å². The number of carbonyl (C=O) groups excluding carboxylic acids is 1. The summed E-state index contributed by atoms with van der Waals surface area (Å²) < 4.78 is 0. The molecular weight excluding hydrogens is 294 g/mol. The Labute approximate surface area is 135 Å². The molecule has 1 atom stereocenters. The Morgan fingerprint density at radius 1 is 1.36 bits per heavy atom. The van der Waals surface area contributed by atoms with Crippen molar-refractivity contribution in [2.75, 3.05) is 0 Å². The topological polar surface area (TPSA) is 54.4 Å². The van der Waals surface area contributed by atoms with Crippen LogP contribution in [0, 0.1) is 5.92 Å². The van der Waals surface area contributed by atoms with E-state index >= 15 is 0 Å². The zero-order chi connectivity index (χ0) is 15.9. The second-order valence-corrected chi connectivity index (χ2v) is 6.21. The molecule has 0 saturated carbocycles. The van der Waals surface area contributed by atoms with Crippen molar-refractivity contribution in [1.82, 2.24) is 10.4 Å². The molecule has 2 aromatic rings. The van der Waals surface area contributed by atoms with Gasteiger partial charge in [0, 0.05) is 16.7 Å². The minimum absolute atomic E-state index is 0.128. The van der Waals surface area contributed by atoms with Crippen LogP contribution in [0.2, 0.25) is 0 Å². The van der Waals surface area contributed by atoms with Crippen molar-refractivity contribution in [3.8, 4) is 11.3 Å². The standard InChI is InChI=1S/C17H21N3OS/c1-4-12(2)13(3)19-20-16(21)10-17-18-15(11-22-17)14-8-6-5-7-9-14/h5-9,11-12H,4,10H2,1-3H3,(H,20,21)/b19-13-/t12-/m1/s1. The molecule has 0 bridgehead atoms. The number of nitrogens with zero attached hydrogens (tertiary/aromatic N) is 2. The van der Waals surface area contributed by atoms with E-state index in [0.29, 0.717) is 5.92 Å². The molecule has 0 fully saturated rings. The molecule has 1 heterocycles. The smallest absolute Gasteiger partial charge is 0.246 e. The maximum Gasteiger partial charge on any atom is 0.246 e. The molecule has 0 unspecified atom stereocenters. The summed E-state index contributed by atoms with van der Waals surface area (Å²) in [5.74, 6) is 0.251. The highest BCUT2D eigenvalue weighted by molar-refractivity contribution is 7.10. The Hall–Kier alpha value is -2.01. The van der Waals surface area contributed by atoms with Gasteiger partial charge in [0.05, 0.1) is 12.1 Å². The number of hydrogen-bond acceptors (Lipinski definition) is 4. The van der Waals surface area contributed by atoms with Crippen LogP contribution in [0.1, 0.15) is 32.2 Å². The SMILES string of the molecule is CC[C@@H](C)/C(C)=N\NC(=O)Cc1nc(-c2ccccc2)cs1. The van der Waals surface area contributed by atoms with Crippen molar-refractivity contribution < 1.29 is 4.79 Å². The molecule has 0 aliphatic rings. The van der Waals surface area contributed by atoms with Crippen molar-refractivity contribution >= 4 is 23.0 Å². The second kappa shape index (κ2) is 7.84. The normalized spacial score (nSPS) is 13.0. The number of aromatic nitrogens is 1. The van der Waals surface area contributed by atoms with Gasteiger partial charge in [-0.3, -0.25) is 4.79 Å². The van der Waals surface area contributed by atoms with Crippen molar-refractivity contribution in [1.29, 1.82) is 0 Å². The lowest BCUT2D eigenvalue weighted by molar-refractivity contribution is -0.120. The first-order valence-corrected chi connectivity index (χ1v) is 8.31. The van der Waals surface area contributed by atoms with Gasteiger partial charge in [-0.2, -0.15) is 5.10 Å². The van der Waals surface area contributed by atoms with Crippen LogP contribution in [0.15, 0.2) is 40.8 Å². The molecule has 22 heavy (non-hydrogen) atoms. The van der Waals surface area contributed by atoms with Gasteiger partial charge >= 0.3 is 0 Å². The molecule has 2 rings (SSSR count). The molecule has 4 nitrogen and oxygen atoms in total. The molecule has 1 aromatic carbocycles. The lowest BCUT2D eigenvalue weighted by atomic mass is 10.1. The van der Waals surface area contributed by atoms with Crippen LogP contribution in [-0.4, -0.2) is 16.6 Å². The Kier molecular flexibility index (Phi) is 5.83. The third-order valence-corrected chi connectivity index (χ3v) is 4.46. The first kappa shape index (κ1) is 16.4. The molecule has 1 N–H and O–H groups in total. The fraction of sp³-hybridized carbons (Fsp3) is 0.353. The van der Waals surface area contributed by atoms with Crippen molar-refractivity contribution in [2.45, 2.75) is 33.6 Å². The zero-order valence-electron chi connectivity index (χ0n) is 13.2. The average molecular weight is 315 g/mol.